The number of methoxy groups -OCH3 is 1. The third kappa shape index (κ3) is 3.98. The number of nitriles is 1. The average Bonchev–Trinajstić information content (AvgIpc) is 2.52. The molecule has 0 heterocycles. The van der Waals surface area contributed by atoms with Gasteiger partial charge in [-0.3, -0.25) is 0 Å². The molecule has 2 rings (SSSR count). The van der Waals surface area contributed by atoms with Crippen molar-refractivity contribution in [2.24, 2.45) is 0 Å². The summed E-state index contributed by atoms with van der Waals surface area (Å²) in [6.45, 7) is 2.78. The predicted molar refractivity (Wildman–Crippen MR) is 84.4 cm³/mol. The summed E-state index contributed by atoms with van der Waals surface area (Å²) in [5.41, 5.74) is 2.76. The Morgan fingerprint density at radius 1 is 1.29 bits per heavy atom. The molecule has 0 amide bonds. The number of benzene rings is 2. The van der Waals surface area contributed by atoms with Gasteiger partial charge in [-0.1, -0.05) is 29.8 Å². The average molecular weight is 301 g/mol. The van der Waals surface area contributed by atoms with E-state index in [0.29, 0.717) is 17.9 Å². The number of nitrogens with zero attached hydrogens (tertiary/aromatic N) is 1. The number of hydrogen-bond donors (Lipinski definition) is 1. The van der Waals surface area contributed by atoms with E-state index < -0.39 is 0 Å². The Morgan fingerprint density at radius 3 is 2.76 bits per heavy atom. The first-order chi connectivity index (χ1) is 10.1. The van der Waals surface area contributed by atoms with Crippen molar-refractivity contribution in [2.75, 3.05) is 7.11 Å². The molecule has 0 saturated heterocycles. The molecule has 0 aromatic heterocycles. The van der Waals surface area contributed by atoms with Crippen molar-refractivity contribution in [3.63, 3.8) is 0 Å². The lowest BCUT2D eigenvalue weighted by atomic mass is 10.1. The van der Waals surface area contributed by atoms with E-state index in [0.717, 1.165) is 16.1 Å². The fraction of sp³-hybridized carbons (Fsp3) is 0.235. The second kappa shape index (κ2) is 7.12. The maximum atomic E-state index is 8.98. The third-order valence-corrected chi connectivity index (χ3v) is 3.58. The van der Waals surface area contributed by atoms with E-state index in [1.807, 2.05) is 36.4 Å². The van der Waals surface area contributed by atoms with Gasteiger partial charge in [-0.2, -0.15) is 5.26 Å². The minimum Gasteiger partial charge on any atom is -0.495 e. The minimum absolute atomic E-state index is 0.185. The summed E-state index contributed by atoms with van der Waals surface area (Å²) in [7, 11) is 1.57. The van der Waals surface area contributed by atoms with Crippen LogP contribution >= 0.6 is 11.6 Å². The standard InChI is InChI=1S/C17H17ClN2O/c1-12(14-4-3-5-16(18)9-14)20-11-13-6-7-15(10-19)17(8-13)21-2/h3-9,12,20H,11H2,1-2H3. The zero-order valence-electron chi connectivity index (χ0n) is 12.1. The van der Waals surface area contributed by atoms with Crippen molar-refractivity contribution in [3.05, 3.63) is 64.2 Å². The SMILES string of the molecule is COc1cc(CNC(C)c2cccc(Cl)c2)ccc1C#N. The van der Waals surface area contributed by atoms with Crippen LogP contribution in [0.5, 0.6) is 5.75 Å². The molecule has 0 saturated carbocycles. The number of halogens is 1. The van der Waals surface area contributed by atoms with Gasteiger partial charge >= 0.3 is 0 Å². The van der Waals surface area contributed by atoms with Gasteiger partial charge in [0.15, 0.2) is 0 Å². The van der Waals surface area contributed by atoms with Gasteiger partial charge in [-0.05, 0) is 42.3 Å². The molecule has 21 heavy (non-hydrogen) atoms. The van der Waals surface area contributed by atoms with Gasteiger partial charge < -0.3 is 10.1 Å². The minimum atomic E-state index is 0.185. The fourth-order valence-electron chi connectivity index (χ4n) is 2.10. The van der Waals surface area contributed by atoms with E-state index in [1.54, 1.807) is 13.2 Å². The Bertz CT molecular complexity index is 664. The lowest BCUT2D eigenvalue weighted by molar-refractivity contribution is 0.412. The molecule has 0 spiro atoms. The smallest absolute Gasteiger partial charge is 0.136 e. The lowest BCUT2D eigenvalue weighted by Crippen LogP contribution is -2.18. The molecule has 2 aromatic carbocycles. The molecule has 108 valence electrons. The maximum Gasteiger partial charge on any atom is 0.136 e. The van der Waals surface area contributed by atoms with E-state index in [-0.39, 0.29) is 6.04 Å². The Labute approximate surface area is 130 Å². The highest BCUT2D eigenvalue weighted by molar-refractivity contribution is 6.30. The van der Waals surface area contributed by atoms with Crippen molar-refractivity contribution < 1.29 is 4.74 Å². The van der Waals surface area contributed by atoms with Crippen molar-refractivity contribution >= 4 is 11.6 Å². The fourth-order valence-corrected chi connectivity index (χ4v) is 2.30. The summed E-state index contributed by atoms with van der Waals surface area (Å²) in [4.78, 5) is 0. The summed E-state index contributed by atoms with van der Waals surface area (Å²) < 4.78 is 5.22. The van der Waals surface area contributed by atoms with E-state index >= 15 is 0 Å². The summed E-state index contributed by atoms with van der Waals surface area (Å²) in [6.07, 6.45) is 0. The number of ether oxygens (including phenoxy) is 1. The normalized spacial score (nSPS) is 11.7. The molecular formula is C17H17ClN2O. The van der Waals surface area contributed by atoms with Crippen LogP contribution in [-0.4, -0.2) is 7.11 Å². The molecule has 0 aliphatic rings. The van der Waals surface area contributed by atoms with E-state index in [9.17, 15) is 0 Å². The van der Waals surface area contributed by atoms with Gasteiger partial charge in [0.25, 0.3) is 0 Å². The van der Waals surface area contributed by atoms with Crippen LogP contribution in [0, 0.1) is 11.3 Å². The Balaban J connectivity index is 2.04. The molecule has 2 aromatic rings. The van der Waals surface area contributed by atoms with Crippen LogP contribution in [0.4, 0.5) is 0 Å². The molecule has 1 N–H and O–H groups in total. The van der Waals surface area contributed by atoms with Crippen LogP contribution < -0.4 is 10.1 Å². The molecule has 0 radical (unpaired) electrons. The van der Waals surface area contributed by atoms with Gasteiger partial charge in [0.1, 0.15) is 11.8 Å². The summed E-state index contributed by atoms with van der Waals surface area (Å²) >= 11 is 6.00. The number of rotatable bonds is 5. The van der Waals surface area contributed by atoms with Crippen molar-refractivity contribution in [1.82, 2.24) is 5.32 Å². The van der Waals surface area contributed by atoms with Gasteiger partial charge in [-0.25, -0.2) is 0 Å². The molecule has 0 fully saturated rings. The highest BCUT2D eigenvalue weighted by atomic mass is 35.5. The molecule has 0 bridgehead atoms. The highest BCUT2D eigenvalue weighted by Crippen LogP contribution is 2.21. The summed E-state index contributed by atoms with van der Waals surface area (Å²) in [6, 6.07) is 15.7. The monoisotopic (exact) mass is 300 g/mol. The van der Waals surface area contributed by atoms with E-state index in [2.05, 4.69) is 18.3 Å². The van der Waals surface area contributed by atoms with Crippen LogP contribution in [0.2, 0.25) is 5.02 Å². The van der Waals surface area contributed by atoms with E-state index in [1.165, 1.54) is 0 Å². The van der Waals surface area contributed by atoms with Crippen molar-refractivity contribution in [3.8, 4) is 11.8 Å². The Hall–Kier alpha value is -2.02. The predicted octanol–water partition coefficient (Wildman–Crippen LogP) is 4.07. The van der Waals surface area contributed by atoms with Gasteiger partial charge in [0, 0.05) is 17.6 Å². The molecule has 1 atom stereocenters. The van der Waals surface area contributed by atoms with Gasteiger partial charge in [-0.15, -0.1) is 0 Å². The quantitative estimate of drug-likeness (QED) is 0.905. The summed E-state index contributed by atoms with van der Waals surface area (Å²) in [5, 5.41) is 13.1. The molecule has 0 aliphatic heterocycles. The largest absolute Gasteiger partial charge is 0.495 e. The maximum absolute atomic E-state index is 8.98. The topological polar surface area (TPSA) is 45.0 Å². The molecule has 3 nitrogen and oxygen atoms in total. The van der Waals surface area contributed by atoms with Crippen LogP contribution in [-0.2, 0) is 6.54 Å². The van der Waals surface area contributed by atoms with Crippen molar-refractivity contribution in [1.29, 1.82) is 5.26 Å². The molecule has 0 aliphatic carbocycles. The Morgan fingerprint density at radius 2 is 2.10 bits per heavy atom. The second-order valence-electron chi connectivity index (χ2n) is 4.80. The van der Waals surface area contributed by atoms with Gasteiger partial charge in [0.05, 0.1) is 12.7 Å². The lowest BCUT2D eigenvalue weighted by Gasteiger charge is -2.15. The molecule has 4 heteroatoms. The van der Waals surface area contributed by atoms with Gasteiger partial charge in [0.2, 0.25) is 0 Å². The molecule has 1 unspecified atom stereocenters. The van der Waals surface area contributed by atoms with Crippen LogP contribution in [0.15, 0.2) is 42.5 Å². The van der Waals surface area contributed by atoms with Crippen LogP contribution in [0.25, 0.3) is 0 Å². The molecular weight excluding hydrogens is 284 g/mol. The number of hydrogen-bond acceptors (Lipinski definition) is 3. The third-order valence-electron chi connectivity index (χ3n) is 3.35. The number of nitrogens with one attached hydrogen (secondary N) is 1. The highest BCUT2D eigenvalue weighted by Gasteiger charge is 2.07. The first-order valence-corrected chi connectivity index (χ1v) is 7.07. The van der Waals surface area contributed by atoms with Crippen LogP contribution in [0.3, 0.4) is 0 Å². The summed E-state index contributed by atoms with van der Waals surface area (Å²) in [5.74, 6) is 0.604. The van der Waals surface area contributed by atoms with E-state index in [4.69, 9.17) is 21.6 Å². The second-order valence-corrected chi connectivity index (χ2v) is 5.24. The van der Waals surface area contributed by atoms with Crippen LogP contribution in [0.1, 0.15) is 29.7 Å². The zero-order chi connectivity index (χ0) is 15.2. The first-order valence-electron chi connectivity index (χ1n) is 6.70. The van der Waals surface area contributed by atoms with Crippen molar-refractivity contribution in [2.45, 2.75) is 19.5 Å². The Kier molecular flexibility index (Phi) is 5.21. The first kappa shape index (κ1) is 15.4. The zero-order valence-corrected chi connectivity index (χ0v) is 12.8.